The molecule has 0 bridgehead atoms. The van der Waals surface area contributed by atoms with Crippen LogP contribution in [0.15, 0.2) is 133 Å². The van der Waals surface area contributed by atoms with Gasteiger partial charge in [0.2, 0.25) is 0 Å². The summed E-state index contributed by atoms with van der Waals surface area (Å²) >= 11 is 0. The Balaban J connectivity index is 1.31. The molecule has 2 aliphatic carbocycles. The zero-order valence-electron chi connectivity index (χ0n) is 46.8. The minimum atomic E-state index is -2.39. The van der Waals surface area contributed by atoms with Crippen molar-refractivity contribution in [1.82, 2.24) is 0 Å². The first-order chi connectivity index (χ1) is 33.6. The Labute approximate surface area is 419 Å². The summed E-state index contributed by atoms with van der Waals surface area (Å²) < 4.78 is 27.8. The third-order valence-electron chi connectivity index (χ3n) is 17.4. The smallest absolute Gasteiger partial charge is 0.252 e. The number of hydrogen-bond donors (Lipinski definition) is 0. The van der Waals surface area contributed by atoms with Gasteiger partial charge in [-0.1, -0.05) is 181 Å². The quantitative estimate of drug-likeness (QED) is 0.159. The molecule has 0 atom stereocenters. The Morgan fingerprint density at radius 2 is 1.00 bits per heavy atom. The monoisotopic (exact) mass is 908 g/mol. The molecule has 2 nitrogen and oxygen atoms in total. The van der Waals surface area contributed by atoms with E-state index in [1.54, 1.807) is 0 Å². The number of hydrogen-bond acceptors (Lipinski definition) is 2. The van der Waals surface area contributed by atoms with E-state index in [9.17, 15) is 4.11 Å². The van der Waals surface area contributed by atoms with Crippen LogP contribution in [0.25, 0.3) is 11.1 Å². The van der Waals surface area contributed by atoms with Gasteiger partial charge in [0.15, 0.2) is 0 Å². The van der Waals surface area contributed by atoms with Gasteiger partial charge in [-0.15, -0.1) is 0 Å². The average Bonchev–Trinajstić information content (AvgIpc) is 3.50. The fourth-order valence-electron chi connectivity index (χ4n) is 13.4. The first kappa shape index (κ1) is 42.1. The van der Waals surface area contributed by atoms with Gasteiger partial charge in [-0.25, -0.2) is 0 Å². The molecule has 7 aromatic rings. The molecule has 0 spiro atoms. The standard InChI is InChI=1S/C66H73BN2/c1-41-32-58-60-59(33-41)69(56-38-50-48(34-42(56)2)62(6,7)30-31-63(50,8)9)55-29-27-46(66(14,15)44-24-20-17-21-25-44)36-52(55)67(60)53-37-49-51(65(12,13)40-64(49,10)11)39-57(53)68(58)54-28-26-45(61(3,4)5)35-47(54)43-22-18-16-19-23-43/h16-29,32-39H,30-31,40H2,1-15H3/i1D3. The number of anilines is 6. The van der Waals surface area contributed by atoms with E-state index >= 15 is 0 Å². The maximum Gasteiger partial charge on any atom is 0.252 e. The normalized spacial score (nSPS) is 18.8. The van der Waals surface area contributed by atoms with Crippen LogP contribution in [0.4, 0.5) is 34.1 Å². The van der Waals surface area contributed by atoms with Crippen molar-refractivity contribution >= 4 is 57.2 Å². The molecule has 69 heavy (non-hydrogen) atoms. The van der Waals surface area contributed by atoms with E-state index in [1.807, 2.05) is 12.1 Å². The molecule has 350 valence electrons. The third kappa shape index (κ3) is 7.02. The second-order valence-corrected chi connectivity index (χ2v) is 25.5. The lowest BCUT2D eigenvalue weighted by Crippen LogP contribution is -2.62. The van der Waals surface area contributed by atoms with Gasteiger partial charge >= 0.3 is 0 Å². The van der Waals surface area contributed by atoms with Crippen LogP contribution >= 0.6 is 0 Å². The van der Waals surface area contributed by atoms with Crippen LogP contribution in [0.2, 0.25) is 0 Å². The lowest BCUT2D eigenvalue weighted by Gasteiger charge is -2.47. The van der Waals surface area contributed by atoms with E-state index in [-0.39, 0.29) is 39.2 Å². The second kappa shape index (κ2) is 15.1. The fraction of sp³-hybridized carbons (Fsp3) is 0.364. The number of fused-ring (bicyclic) bond motifs is 6. The minimum absolute atomic E-state index is 0.0309. The Morgan fingerprint density at radius 3 is 1.62 bits per heavy atom. The van der Waals surface area contributed by atoms with Gasteiger partial charge in [-0.2, -0.15) is 0 Å². The molecular formula is C66H73BN2. The molecule has 7 aromatic carbocycles. The van der Waals surface area contributed by atoms with Crippen molar-refractivity contribution in [3.8, 4) is 11.1 Å². The lowest BCUT2D eigenvalue weighted by molar-refractivity contribution is 0.332. The van der Waals surface area contributed by atoms with Crippen molar-refractivity contribution in [3.63, 3.8) is 0 Å². The SMILES string of the molecule is [2H]C([2H])([2H])c1cc2c3c(c1)N(c1ccc(C(C)(C)C)cc1-c1ccccc1)c1cc4c(cc1B3c1cc(C(C)(C)c3ccccc3)ccc1N2c1cc2c(cc1C)C(C)(C)CCC2(C)C)C(C)(C)CC4(C)C. The van der Waals surface area contributed by atoms with Crippen LogP contribution in [-0.4, -0.2) is 6.71 Å². The molecule has 0 N–H and O–H groups in total. The summed E-state index contributed by atoms with van der Waals surface area (Å²) in [6, 6.07) is 50.0. The number of aryl methyl sites for hydroxylation is 2. The second-order valence-electron chi connectivity index (χ2n) is 25.5. The van der Waals surface area contributed by atoms with Crippen LogP contribution in [0.3, 0.4) is 0 Å². The molecule has 0 saturated carbocycles. The van der Waals surface area contributed by atoms with Crippen LogP contribution in [0, 0.1) is 13.8 Å². The Bertz CT molecular complexity index is 3350. The van der Waals surface area contributed by atoms with E-state index < -0.39 is 6.85 Å². The van der Waals surface area contributed by atoms with Gasteiger partial charge in [0.1, 0.15) is 0 Å². The fourth-order valence-corrected chi connectivity index (χ4v) is 13.4. The number of nitrogens with zero attached hydrogens (tertiary/aromatic N) is 2. The van der Waals surface area contributed by atoms with Crippen LogP contribution in [-0.2, 0) is 32.5 Å². The lowest BCUT2D eigenvalue weighted by atomic mass is 9.33. The number of rotatable bonds is 5. The van der Waals surface area contributed by atoms with Crippen molar-refractivity contribution in [2.45, 2.75) is 156 Å². The molecule has 2 heterocycles. The van der Waals surface area contributed by atoms with Crippen LogP contribution in [0.5, 0.6) is 0 Å². The highest BCUT2D eigenvalue weighted by Gasteiger charge is 2.49. The van der Waals surface area contributed by atoms with Gasteiger partial charge in [0, 0.05) is 43.5 Å². The molecule has 2 aliphatic heterocycles. The largest absolute Gasteiger partial charge is 0.311 e. The Hall–Kier alpha value is -5.80. The molecule has 0 radical (unpaired) electrons. The molecule has 0 amide bonds. The summed E-state index contributed by atoms with van der Waals surface area (Å²) in [7, 11) is 0. The van der Waals surface area contributed by atoms with E-state index in [4.69, 9.17) is 0 Å². The van der Waals surface area contributed by atoms with E-state index in [1.165, 1.54) is 55.4 Å². The zero-order valence-corrected chi connectivity index (χ0v) is 43.8. The predicted molar refractivity (Wildman–Crippen MR) is 299 cm³/mol. The average molecular weight is 908 g/mol. The first-order valence-corrected chi connectivity index (χ1v) is 25.6. The Kier molecular flexibility index (Phi) is 9.22. The molecule has 4 aliphatic rings. The third-order valence-corrected chi connectivity index (χ3v) is 17.4. The molecule has 0 aromatic heterocycles. The molecule has 0 fully saturated rings. The highest BCUT2D eigenvalue weighted by molar-refractivity contribution is 7.00. The van der Waals surface area contributed by atoms with Crippen molar-refractivity contribution in [1.29, 1.82) is 0 Å². The molecule has 11 rings (SSSR count). The first-order valence-electron chi connectivity index (χ1n) is 27.1. The van der Waals surface area contributed by atoms with Crippen molar-refractivity contribution in [3.05, 3.63) is 184 Å². The van der Waals surface area contributed by atoms with Crippen LogP contribution < -0.4 is 26.2 Å². The van der Waals surface area contributed by atoms with Crippen LogP contribution in [0.1, 0.15) is 163 Å². The van der Waals surface area contributed by atoms with E-state index in [2.05, 4.69) is 228 Å². The van der Waals surface area contributed by atoms with Gasteiger partial charge in [-0.05, 0) is 175 Å². The summed E-state index contributed by atoms with van der Waals surface area (Å²) in [4.78, 5) is 4.94. The van der Waals surface area contributed by atoms with Gasteiger partial charge < -0.3 is 9.80 Å². The van der Waals surface area contributed by atoms with Crippen molar-refractivity contribution in [2.75, 3.05) is 9.80 Å². The summed E-state index contributed by atoms with van der Waals surface area (Å²) in [5, 5.41) is 0. The van der Waals surface area contributed by atoms with Gasteiger partial charge in [0.05, 0.1) is 5.69 Å². The predicted octanol–water partition coefficient (Wildman–Crippen LogP) is 16.0. The maximum atomic E-state index is 9.27. The summed E-state index contributed by atoms with van der Waals surface area (Å²) in [6.07, 6.45) is 3.25. The molecule has 3 heteroatoms. The van der Waals surface area contributed by atoms with Gasteiger partial charge in [-0.3, -0.25) is 0 Å². The summed E-state index contributed by atoms with van der Waals surface area (Å²) in [6.45, 7) is 30.5. The van der Waals surface area contributed by atoms with E-state index in [0.29, 0.717) is 5.56 Å². The Morgan fingerprint density at radius 1 is 0.478 bits per heavy atom. The topological polar surface area (TPSA) is 6.48 Å². The molecule has 0 saturated heterocycles. The maximum absolute atomic E-state index is 9.27. The molecular weight excluding hydrogens is 832 g/mol. The molecule has 0 unspecified atom stereocenters. The summed E-state index contributed by atoms with van der Waals surface area (Å²) in [5.41, 5.74) is 22.4. The highest BCUT2D eigenvalue weighted by atomic mass is 15.2. The van der Waals surface area contributed by atoms with E-state index in [0.717, 1.165) is 70.0 Å². The zero-order chi connectivity index (χ0) is 51.5. The minimum Gasteiger partial charge on any atom is -0.311 e. The van der Waals surface area contributed by atoms with Crippen molar-refractivity contribution < 1.29 is 4.11 Å². The summed E-state index contributed by atoms with van der Waals surface area (Å²) in [5.74, 6) is 0. The number of benzene rings is 7. The van der Waals surface area contributed by atoms with Gasteiger partial charge in [0.25, 0.3) is 6.71 Å². The highest BCUT2D eigenvalue weighted by Crippen LogP contribution is 2.55. The van der Waals surface area contributed by atoms with Crippen molar-refractivity contribution in [2.24, 2.45) is 0 Å².